The van der Waals surface area contributed by atoms with Crippen LogP contribution in [0.25, 0.3) is 0 Å². The maximum absolute atomic E-state index is 10.6. The molecule has 150 valence electrons. The van der Waals surface area contributed by atoms with Crippen LogP contribution in [0.2, 0.25) is 0 Å². The molecule has 3 heteroatoms. The number of hydrogen-bond acceptors (Lipinski definition) is 2. The Labute approximate surface area is 163 Å². The fourth-order valence-corrected chi connectivity index (χ4v) is 3.55. The predicted molar refractivity (Wildman–Crippen MR) is 114 cm³/mol. The molecule has 0 aromatic carbocycles. The van der Waals surface area contributed by atoms with Crippen molar-refractivity contribution in [3.05, 3.63) is 0 Å². The molecule has 0 aromatic rings. The first-order valence-electron chi connectivity index (χ1n) is 11.1. The van der Waals surface area contributed by atoms with E-state index in [-0.39, 0.29) is 0 Å². The van der Waals surface area contributed by atoms with Gasteiger partial charge in [0.1, 0.15) is 0 Å². The van der Waals surface area contributed by atoms with Gasteiger partial charge >= 0.3 is 5.97 Å². The van der Waals surface area contributed by atoms with Crippen molar-refractivity contribution in [3.8, 4) is 0 Å². The number of rotatable bonds is 20. The highest BCUT2D eigenvalue weighted by molar-refractivity contribution is 7.81. The summed E-state index contributed by atoms with van der Waals surface area (Å²) in [7, 11) is 0. The second-order valence-corrected chi connectivity index (χ2v) is 8.28. The van der Waals surface area contributed by atoms with Gasteiger partial charge in [-0.05, 0) is 6.42 Å². The molecular formula is C22H44O2S. The summed E-state index contributed by atoms with van der Waals surface area (Å²) in [5.74, 6) is -0.782. The minimum Gasteiger partial charge on any atom is -0.480 e. The third-order valence-electron chi connectivity index (χ3n) is 5.12. The van der Waals surface area contributed by atoms with Gasteiger partial charge in [-0.2, -0.15) is 12.6 Å². The zero-order valence-electron chi connectivity index (χ0n) is 16.8. The number of carboxylic acids is 1. The molecule has 2 nitrogen and oxygen atoms in total. The summed E-state index contributed by atoms with van der Waals surface area (Å²) >= 11 is 4.06. The molecule has 0 spiro atoms. The Hall–Kier alpha value is -0.180. The smallest absolute Gasteiger partial charge is 0.316 e. The molecule has 0 heterocycles. The standard InChI is InChI=1S/C22H44O2S/c1-2-3-4-5-6-7-8-9-10-11-12-13-14-15-16-17-18-19-20-21(25)22(23)24/h21,25H,2-20H2,1H3,(H,23,24). The van der Waals surface area contributed by atoms with Crippen molar-refractivity contribution in [1.82, 2.24) is 0 Å². The van der Waals surface area contributed by atoms with Crippen LogP contribution in [0.4, 0.5) is 0 Å². The fraction of sp³-hybridized carbons (Fsp3) is 0.955. The molecule has 0 amide bonds. The minimum absolute atomic E-state index is 0.471. The van der Waals surface area contributed by atoms with Crippen molar-refractivity contribution < 1.29 is 9.90 Å². The van der Waals surface area contributed by atoms with E-state index < -0.39 is 11.2 Å². The largest absolute Gasteiger partial charge is 0.480 e. The molecule has 0 aliphatic rings. The first kappa shape index (κ1) is 24.8. The first-order valence-corrected chi connectivity index (χ1v) is 11.6. The highest BCUT2D eigenvalue weighted by Gasteiger charge is 2.10. The van der Waals surface area contributed by atoms with E-state index in [9.17, 15) is 4.79 Å². The summed E-state index contributed by atoms with van der Waals surface area (Å²) in [6.07, 6.45) is 25.2. The van der Waals surface area contributed by atoms with E-state index >= 15 is 0 Å². The van der Waals surface area contributed by atoms with Gasteiger partial charge in [-0.15, -0.1) is 0 Å². The fourth-order valence-electron chi connectivity index (χ4n) is 3.36. The van der Waals surface area contributed by atoms with Crippen LogP contribution in [0.1, 0.15) is 129 Å². The molecule has 1 N–H and O–H groups in total. The number of aliphatic carboxylic acids is 1. The number of thiol groups is 1. The normalized spacial score (nSPS) is 12.4. The lowest BCUT2D eigenvalue weighted by molar-refractivity contribution is -0.136. The van der Waals surface area contributed by atoms with E-state index in [2.05, 4.69) is 19.6 Å². The molecular weight excluding hydrogens is 328 g/mol. The molecule has 1 atom stereocenters. The minimum atomic E-state index is -0.782. The molecule has 0 aliphatic carbocycles. The lowest BCUT2D eigenvalue weighted by Gasteiger charge is -2.05. The Balaban J connectivity index is 3.04. The van der Waals surface area contributed by atoms with E-state index in [1.54, 1.807) is 0 Å². The second-order valence-electron chi connectivity index (χ2n) is 7.65. The highest BCUT2D eigenvalue weighted by atomic mass is 32.1. The molecule has 0 rings (SSSR count). The summed E-state index contributed by atoms with van der Waals surface area (Å²) in [6, 6.07) is 0. The molecule has 1 unspecified atom stereocenters. The summed E-state index contributed by atoms with van der Waals surface area (Å²) in [5.41, 5.74) is 0. The zero-order valence-corrected chi connectivity index (χ0v) is 17.7. The maximum atomic E-state index is 10.6. The zero-order chi connectivity index (χ0) is 18.6. The van der Waals surface area contributed by atoms with Gasteiger partial charge in [0.15, 0.2) is 0 Å². The van der Waals surface area contributed by atoms with E-state index in [0.29, 0.717) is 6.42 Å². The van der Waals surface area contributed by atoms with Crippen molar-refractivity contribution in [3.63, 3.8) is 0 Å². The van der Waals surface area contributed by atoms with Gasteiger partial charge in [0, 0.05) is 0 Å². The van der Waals surface area contributed by atoms with Crippen LogP contribution in [0.3, 0.4) is 0 Å². The maximum Gasteiger partial charge on any atom is 0.316 e. The first-order chi connectivity index (χ1) is 12.2. The number of unbranched alkanes of at least 4 members (excludes halogenated alkanes) is 17. The SMILES string of the molecule is CCCCCCCCCCCCCCCCCCCCC(S)C(=O)O. The summed E-state index contributed by atoms with van der Waals surface area (Å²) in [5, 5.41) is 8.28. The molecule has 0 saturated heterocycles. The summed E-state index contributed by atoms with van der Waals surface area (Å²) in [6.45, 7) is 2.28. The number of carboxylic acid groups (broad SMARTS) is 1. The van der Waals surface area contributed by atoms with Crippen molar-refractivity contribution in [2.75, 3.05) is 0 Å². The molecule has 0 radical (unpaired) electrons. The van der Waals surface area contributed by atoms with Crippen LogP contribution < -0.4 is 0 Å². The monoisotopic (exact) mass is 372 g/mol. The van der Waals surface area contributed by atoms with Gasteiger partial charge in [0.05, 0.1) is 5.25 Å². The van der Waals surface area contributed by atoms with Gasteiger partial charge in [-0.25, -0.2) is 0 Å². The average Bonchev–Trinajstić information content (AvgIpc) is 2.60. The van der Waals surface area contributed by atoms with E-state index in [1.807, 2.05) is 0 Å². The van der Waals surface area contributed by atoms with Gasteiger partial charge in [-0.3, -0.25) is 4.79 Å². The Morgan fingerprint density at radius 1 is 0.640 bits per heavy atom. The third-order valence-corrected chi connectivity index (χ3v) is 5.60. The van der Waals surface area contributed by atoms with Crippen molar-refractivity contribution in [2.24, 2.45) is 0 Å². The topological polar surface area (TPSA) is 37.3 Å². The van der Waals surface area contributed by atoms with Gasteiger partial charge in [0.2, 0.25) is 0 Å². The molecule has 25 heavy (non-hydrogen) atoms. The quantitative estimate of drug-likeness (QED) is 0.169. The molecule has 0 bridgehead atoms. The van der Waals surface area contributed by atoms with Crippen LogP contribution in [-0.4, -0.2) is 16.3 Å². The van der Waals surface area contributed by atoms with Gasteiger partial charge in [0.25, 0.3) is 0 Å². The Morgan fingerprint density at radius 3 is 1.20 bits per heavy atom. The predicted octanol–water partition coefficient (Wildman–Crippen LogP) is 7.80. The van der Waals surface area contributed by atoms with Crippen molar-refractivity contribution in [2.45, 2.75) is 134 Å². The van der Waals surface area contributed by atoms with E-state index in [4.69, 9.17) is 5.11 Å². The van der Waals surface area contributed by atoms with Crippen LogP contribution in [0, 0.1) is 0 Å². The summed E-state index contributed by atoms with van der Waals surface area (Å²) in [4.78, 5) is 10.6. The van der Waals surface area contributed by atoms with Gasteiger partial charge < -0.3 is 5.11 Å². The highest BCUT2D eigenvalue weighted by Crippen LogP contribution is 2.15. The average molecular weight is 373 g/mol. The van der Waals surface area contributed by atoms with Crippen LogP contribution >= 0.6 is 12.6 Å². The van der Waals surface area contributed by atoms with Crippen molar-refractivity contribution >= 4 is 18.6 Å². The second kappa shape index (κ2) is 20.1. The Morgan fingerprint density at radius 2 is 0.920 bits per heavy atom. The van der Waals surface area contributed by atoms with Crippen molar-refractivity contribution in [1.29, 1.82) is 0 Å². The van der Waals surface area contributed by atoms with Crippen LogP contribution in [0.5, 0.6) is 0 Å². The number of carbonyl (C=O) groups is 1. The Bertz CT molecular complexity index is 281. The lowest BCUT2D eigenvalue weighted by atomic mass is 10.0. The molecule has 0 saturated carbocycles. The third kappa shape index (κ3) is 20.0. The Kier molecular flexibility index (Phi) is 20.0. The molecule has 0 fully saturated rings. The molecule has 0 aromatic heterocycles. The van der Waals surface area contributed by atoms with E-state index in [0.717, 1.165) is 12.8 Å². The van der Waals surface area contributed by atoms with Crippen LogP contribution in [0.15, 0.2) is 0 Å². The lowest BCUT2D eigenvalue weighted by Crippen LogP contribution is -2.12. The number of hydrogen-bond donors (Lipinski definition) is 2. The summed E-state index contributed by atoms with van der Waals surface area (Å²) < 4.78 is 0. The van der Waals surface area contributed by atoms with Gasteiger partial charge in [-0.1, -0.05) is 122 Å². The van der Waals surface area contributed by atoms with Crippen LogP contribution in [-0.2, 0) is 4.79 Å². The van der Waals surface area contributed by atoms with E-state index in [1.165, 1.54) is 103 Å². The molecule has 0 aliphatic heterocycles.